The smallest absolute Gasteiger partial charge is 0.189 e. The van der Waals surface area contributed by atoms with Gasteiger partial charge in [-0.2, -0.15) is 0 Å². The van der Waals surface area contributed by atoms with Gasteiger partial charge in [-0.15, -0.1) is 0 Å². The molecule has 20 heavy (non-hydrogen) atoms. The summed E-state index contributed by atoms with van der Waals surface area (Å²) in [4.78, 5) is 6.29. The van der Waals surface area contributed by atoms with Crippen LogP contribution < -0.4 is 10.6 Å². The van der Waals surface area contributed by atoms with E-state index in [0.29, 0.717) is 12.2 Å². The first-order chi connectivity index (χ1) is 9.63. The molecule has 0 saturated carbocycles. The Morgan fingerprint density at radius 1 is 1.30 bits per heavy atom. The van der Waals surface area contributed by atoms with Crippen LogP contribution in [-0.4, -0.2) is 23.1 Å². The fourth-order valence-electron chi connectivity index (χ4n) is 2.18. The van der Waals surface area contributed by atoms with E-state index in [9.17, 15) is 0 Å². The fraction of sp³-hybridized carbons (Fsp3) is 0.200. The number of amidine groups is 1. The first kappa shape index (κ1) is 13.9. The van der Waals surface area contributed by atoms with E-state index < -0.39 is 0 Å². The molecule has 0 radical (unpaired) electrons. The Labute approximate surface area is 118 Å². The molecule has 0 saturated heterocycles. The van der Waals surface area contributed by atoms with Crippen LogP contribution in [0.25, 0.3) is 0 Å². The van der Waals surface area contributed by atoms with E-state index in [-0.39, 0.29) is 5.84 Å². The van der Waals surface area contributed by atoms with Crippen LogP contribution in [0.3, 0.4) is 0 Å². The summed E-state index contributed by atoms with van der Waals surface area (Å²) in [7, 11) is 2.01. The molecule has 0 bridgehead atoms. The van der Waals surface area contributed by atoms with Gasteiger partial charge < -0.3 is 15.8 Å². The molecule has 5 nitrogen and oxygen atoms in total. The molecule has 0 aliphatic heterocycles. The van der Waals surface area contributed by atoms with Gasteiger partial charge in [0, 0.05) is 31.0 Å². The third kappa shape index (κ3) is 2.88. The molecule has 3 N–H and O–H groups in total. The highest BCUT2D eigenvalue weighted by Crippen LogP contribution is 2.20. The van der Waals surface area contributed by atoms with Gasteiger partial charge in [0.1, 0.15) is 5.69 Å². The van der Waals surface area contributed by atoms with E-state index in [1.54, 1.807) is 6.20 Å². The topological polar surface area (TPSA) is 74.7 Å². The molecule has 0 unspecified atom stereocenters. The van der Waals surface area contributed by atoms with Gasteiger partial charge in [0.25, 0.3) is 0 Å². The standard InChI is InChI=1S/C15H18N4O/c1-11-6-3-4-8-13(11)19(2)10-12-7-5-9-17-14(12)15(16)18-20/h3-9,20H,10H2,1-2H3,(H2,16,18). The highest BCUT2D eigenvalue weighted by molar-refractivity contribution is 5.96. The van der Waals surface area contributed by atoms with E-state index in [2.05, 4.69) is 34.1 Å². The number of nitrogens with two attached hydrogens (primary N) is 1. The van der Waals surface area contributed by atoms with E-state index in [0.717, 1.165) is 11.3 Å². The molecule has 2 rings (SSSR count). The summed E-state index contributed by atoms with van der Waals surface area (Å²) in [6.45, 7) is 2.70. The van der Waals surface area contributed by atoms with Crippen molar-refractivity contribution in [2.24, 2.45) is 10.9 Å². The molecule has 0 spiro atoms. The maximum atomic E-state index is 8.82. The van der Waals surface area contributed by atoms with Gasteiger partial charge in [0.2, 0.25) is 0 Å². The third-order valence-electron chi connectivity index (χ3n) is 3.18. The second-order valence-electron chi connectivity index (χ2n) is 4.64. The van der Waals surface area contributed by atoms with Gasteiger partial charge in [-0.25, -0.2) is 0 Å². The van der Waals surface area contributed by atoms with Crippen molar-refractivity contribution in [3.05, 3.63) is 59.4 Å². The number of aromatic nitrogens is 1. The van der Waals surface area contributed by atoms with E-state index >= 15 is 0 Å². The monoisotopic (exact) mass is 270 g/mol. The first-order valence-corrected chi connectivity index (χ1v) is 6.32. The lowest BCUT2D eigenvalue weighted by Crippen LogP contribution is -2.23. The summed E-state index contributed by atoms with van der Waals surface area (Å²) >= 11 is 0. The molecule has 5 heteroatoms. The molecular formula is C15H18N4O. The zero-order chi connectivity index (χ0) is 14.5. The zero-order valence-electron chi connectivity index (χ0n) is 11.6. The van der Waals surface area contributed by atoms with Crippen molar-refractivity contribution >= 4 is 11.5 Å². The minimum atomic E-state index is 0.0267. The summed E-state index contributed by atoms with van der Waals surface area (Å²) in [5, 5.41) is 11.8. The van der Waals surface area contributed by atoms with Crippen molar-refractivity contribution in [1.29, 1.82) is 0 Å². The van der Waals surface area contributed by atoms with Crippen molar-refractivity contribution in [3.8, 4) is 0 Å². The van der Waals surface area contributed by atoms with Gasteiger partial charge in [0.05, 0.1) is 0 Å². The van der Waals surface area contributed by atoms with Crippen molar-refractivity contribution in [3.63, 3.8) is 0 Å². The number of oxime groups is 1. The lowest BCUT2D eigenvalue weighted by Gasteiger charge is -2.22. The quantitative estimate of drug-likeness (QED) is 0.386. The first-order valence-electron chi connectivity index (χ1n) is 6.32. The van der Waals surface area contributed by atoms with Crippen molar-refractivity contribution in [2.45, 2.75) is 13.5 Å². The molecule has 2 aromatic rings. The Balaban J connectivity index is 2.29. The number of para-hydroxylation sites is 1. The highest BCUT2D eigenvalue weighted by atomic mass is 16.4. The van der Waals surface area contributed by atoms with E-state index in [1.165, 1.54) is 5.56 Å². The minimum Gasteiger partial charge on any atom is -0.409 e. The van der Waals surface area contributed by atoms with Gasteiger partial charge in [0.15, 0.2) is 5.84 Å². The molecular weight excluding hydrogens is 252 g/mol. The molecule has 0 fully saturated rings. The summed E-state index contributed by atoms with van der Waals surface area (Å²) < 4.78 is 0. The summed E-state index contributed by atoms with van der Waals surface area (Å²) in [5.74, 6) is 0.0267. The Kier molecular flexibility index (Phi) is 4.20. The minimum absolute atomic E-state index is 0.0267. The molecule has 0 aliphatic rings. The van der Waals surface area contributed by atoms with Crippen LogP contribution in [0.5, 0.6) is 0 Å². The van der Waals surface area contributed by atoms with Crippen LogP contribution in [0.2, 0.25) is 0 Å². The van der Waals surface area contributed by atoms with Crippen LogP contribution >= 0.6 is 0 Å². The van der Waals surface area contributed by atoms with Gasteiger partial charge in [-0.3, -0.25) is 4.98 Å². The molecule has 1 aromatic heterocycles. The van der Waals surface area contributed by atoms with Crippen molar-refractivity contribution in [2.75, 3.05) is 11.9 Å². The number of aryl methyl sites for hydroxylation is 1. The van der Waals surface area contributed by atoms with E-state index in [4.69, 9.17) is 10.9 Å². The Bertz CT molecular complexity index is 625. The predicted molar refractivity (Wildman–Crippen MR) is 80.0 cm³/mol. The molecule has 1 heterocycles. The predicted octanol–water partition coefficient (Wildman–Crippen LogP) is 2.12. The van der Waals surface area contributed by atoms with Gasteiger partial charge in [-0.1, -0.05) is 29.4 Å². The molecule has 1 aromatic carbocycles. The summed E-state index contributed by atoms with van der Waals surface area (Å²) in [6, 6.07) is 11.9. The third-order valence-corrected chi connectivity index (χ3v) is 3.18. The second kappa shape index (κ2) is 6.06. The second-order valence-corrected chi connectivity index (χ2v) is 4.64. The number of hydrogen-bond acceptors (Lipinski definition) is 4. The molecule has 104 valence electrons. The van der Waals surface area contributed by atoms with Crippen LogP contribution in [-0.2, 0) is 6.54 Å². The fourth-order valence-corrected chi connectivity index (χ4v) is 2.18. The average Bonchev–Trinajstić information content (AvgIpc) is 2.47. The Morgan fingerprint density at radius 3 is 2.75 bits per heavy atom. The highest BCUT2D eigenvalue weighted by Gasteiger charge is 2.11. The maximum Gasteiger partial charge on any atom is 0.189 e. The molecule has 0 atom stereocenters. The normalized spacial score (nSPS) is 11.4. The van der Waals surface area contributed by atoms with Gasteiger partial charge >= 0.3 is 0 Å². The Morgan fingerprint density at radius 2 is 2.05 bits per heavy atom. The number of hydrogen-bond donors (Lipinski definition) is 2. The summed E-state index contributed by atoms with van der Waals surface area (Å²) in [6.07, 6.45) is 1.63. The number of rotatable bonds is 4. The van der Waals surface area contributed by atoms with E-state index in [1.807, 2.05) is 31.3 Å². The number of pyridine rings is 1. The van der Waals surface area contributed by atoms with Crippen LogP contribution in [0.4, 0.5) is 5.69 Å². The van der Waals surface area contributed by atoms with Crippen LogP contribution in [0.15, 0.2) is 47.8 Å². The number of anilines is 1. The number of benzene rings is 1. The lowest BCUT2D eigenvalue weighted by atomic mass is 10.1. The van der Waals surface area contributed by atoms with Gasteiger partial charge in [-0.05, 0) is 24.6 Å². The zero-order valence-corrected chi connectivity index (χ0v) is 11.6. The number of nitrogens with zero attached hydrogens (tertiary/aromatic N) is 3. The maximum absolute atomic E-state index is 8.82. The molecule has 0 amide bonds. The largest absolute Gasteiger partial charge is 0.409 e. The Hall–Kier alpha value is -2.56. The van der Waals surface area contributed by atoms with Crippen molar-refractivity contribution in [1.82, 2.24) is 4.98 Å². The summed E-state index contributed by atoms with van der Waals surface area (Å²) in [5.41, 5.74) is 9.42. The van der Waals surface area contributed by atoms with Crippen LogP contribution in [0, 0.1) is 6.92 Å². The van der Waals surface area contributed by atoms with Crippen molar-refractivity contribution < 1.29 is 5.21 Å². The SMILES string of the molecule is Cc1ccccc1N(C)Cc1cccnc1C(N)=NO. The average molecular weight is 270 g/mol. The lowest BCUT2D eigenvalue weighted by molar-refractivity contribution is 0.318. The van der Waals surface area contributed by atoms with Crippen LogP contribution in [0.1, 0.15) is 16.8 Å². The molecule has 0 aliphatic carbocycles.